The fraction of sp³-hybridized carbons (Fsp3) is 0.917. The molecule has 1 saturated carbocycles. The van der Waals surface area contributed by atoms with Crippen LogP contribution in [0.2, 0.25) is 0 Å². The van der Waals surface area contributed by atoms with Gasteiger partial charge in [-0.1, -0.05) is 19.8 Å². The molecule has 0 N–H and O–H groups in total. The van der Waals surface area contributed by atoms with Crippen LogP contribution in [0.1, 0.15) is 47.0 Å². The van der Waals surface area contributed by atoms with Gasteiger partial charge in [0.1, 0.15) is 0 Å². The van der Waals surface area contributed by atoms with Crippen molar-refractivity contribution in [1.82, 2.24) is 0 Å². The summed E-state index contributed by atoms with van der Waals surface area (Å²) in [6.45, 7) is 8.56. The van der Waals surface area contributed by atoms with Gasteiger partial charge in [-0.05, 0) is 39.0 Å². The molecule has 82 valence electrons. The van der Waals surface area contributed by atoms with Crippen LogP contribution >= 0.6 is 0 Å². The van der Waals surface area contributed by atoms with E-state index in [1.165, 1.54) is 19.3 Å². The molecule has 0 saturated heterocycles. The molecule has 0 aromatic rings. The molecule has 0 aliphatic heterocycles. The molecule has 14 heavy (non-hydrogen) atoms. The smallest absolute Gasteiger partial charge is 0.311 e. The minimum Gasteiger partial charge on any atom is -0.465 e. The van der Waals surface area contributed by atoms with E-state index in [1.807, 2.05) is 20.8 Å². The minimum atomic E-state index is -0.359. The van der Waals surface area contributed by atoms with Crippen molar-refractivity contribution in [3.63, 3.8) is 0 Å². The average molecular weight is 198 g/mol. The van der Waals surface area contributed by atoms with Crippen LogP contribution in [0.5, 0.6) is 0 Å². The third-order valence-electron chi connectivity index (χ3n) is 3.08. The maximum Gasteiger partial charge on any atom is 0.311 e. The van der Waals surface area contributed by atoms with Gasteiger partial charge in [0.15, 0.2) is 0 Å². The number of carbonyl (C=O) groups is 1. The summed E-state index contributed by atoms with van der Waals surface area (Å²) in [7, 11) is 0. The number of esters is 1. The minimum absolute atomic E-state index is 0.0726. The highest BCUT2D eigenvalue weighted by Crippen LogP contribution is 2.31. The molecule has 2 nitrogen and oxygen atoms in total. The maximum atomic E-state index is 11.5. The normalized spacial score (nSPS) is 27.7. The highest BCUT2D eigenvalue weighted by atomic mass is 16.5. The first-order valence-corrected chi connectivity index (χ1v) is 5.58. The molecular formula is C12H22O2. The Balaban J connectivity index is 2.30. The van der Waals surface area contributed by atoms with E-state index in [0.29, 0.717) is 12.5 Å². The van der Waals surface area contributed by atoms with Crippen molar-refractivity contribution in [2.24, 2.45) is 17.3 Å². The standard InChI is InChI=1S/C12H22O2/c1-9-6-5-7-10(9)8-14-11(13)12(2,3)4/h9-10H,5-8H2,1-4H3/t9?,10-/m1/s1. The van der Waals surface area contributed by atoms with Crippen LogP contribution < -0.4 is 0 Å². The third-order valence-corrected chi connectivity index (χ3v) is 3.08. The molecule has 1 fully saturated rings. The lowest BCUT2D eigenvalue weighted by atomic mass is 9.96. The van der Waals surface area contributed by atoms with Crippen molar-refractivity contribution in [3.05, 3.63) is 0 Å². The molecule has 0 bridgehead atoms. The Morgan fingerprint density at radius 2 is 2.00 bits per heavy atom. The molecule has 0 amide bonds. The summed E-state index contributed by atoms with van der Waals surface area (Å²) in [5, 5.41) is 0. The van der Waals surface area contributed by atoms with Crippen molar-refractivity contribution in [2.75, 3.05) is 6.61 Å². The van der Waals surface area contributed by atoms with Gasteiger partial charge in [-0.25, -0.2) is 0 Å². The van der Waals surface area contributed by atoms with Gasteiger partial charge >= 0.3 is 5.97 Å². The second-order valence-electron chi connectivity index (χ2n) is 5.52. The Hall–Kier alpha value is -0.530. The van der Waals surface area contributed by atoms with E-state index in [2.05, 4.69) is 6.92 Å². The lowest BCUT2D eigenvalue weighted by Gasteiger charge is -2.20. The van der Waals surface area contributed by atoms with Crippen LogP contribution in [0.25, 0.3) is 0 Å². The van der Waals surface area contributed by atoms with Crippen molar-refractivity contribution in [3.8, 4) is 0 Å². The van der Waals surface area contributed by atoms with Crippen LogP contribution in [0.3, 0.4) is 0 Å². The Labute approximate surface area is 87.0 Å². The van der Waals surface area contributed by atoms with Crippen LogP contribution in [0.15, 0.2) is 0 Å². The molecule has 0 radical (unpaired) electrons. The van der Waals surface area contributed by atoms with Crippen molar-refractivity contribution in [1.29, 1.82) is 0 Å². The lowest BCUT2D eigenvalue weighted by Crippen LogP contribution is -2.26. The number of rotatable bonds is 2. The zero-order chi connectivity index (χ0) is 10.8. The first kappa shape index (κ1) is 11.5. The predicted octanol–water partition coefficient (Wildman–Crippen LogP) is 3.01. The molecule has 1 unspecified atom stereocenters. The first-order chi connectivity index (χ1) is 6.41. The Morgan fingerprint density at radius 3 is 2.43 bits per heavy atom. The molecule has 0 aromatic heterocycles. The summed E-state index contributed by atoms with van der Waals surface area (Å²) < 4.78 is 5.32. The van der Waals surface area contributed by atoms with Gasteiger partial charge in [0.2, 0.25) is 0 Å². The van der Waals surface area contributed by atoms with Crippen LogP contribution in [-0.2, 0) is 9.53 Å². The molecule has 2 atom stereocenters. The van der Waals surface area contributed by atoms with E-state index < -0.39 is 0 Å². The van der Waals surface area contributed by atoms with Gasteiger partial charge in [-0.15, -0.1) is 0 Å². The topological polar surface area (TPSA) is 26.3 Å². The summed E-state index contributed by atoms with van der Waals surface area (Å²) >= 11 is 0. The fourth-order valence-electron chi connectivity index (χ4n) is 1.87. The van der Waals surface area contributed by atoms with E-state index in [-0.39, 0.29) is 11.4 Å². The van der Waals surface area contributed by atoms with Gasteiger partial charge in [0.25, 0.3) is 0 Å². The number of hydrogen-bond acceptors (Lipinski definition) is 2. The summed E-state index contributed by atoms with van der Waals surface area (Å²) in [5.74, 6) is 1.25. The molecular weight excluding hydrogens is 176 g/mol. The number of ether oxygens (including phenoxy) is 1. The monoisotopic (exact) mass is 198 g/mol. The summed E-state index contributed by atoms with van der Waals surface area (Å²) in [6, 6.07) is 0. The second kappa shape index (κ2) is 4.33. The van der Waals surface area contributed by atoms with Crippen LogP contribution in [0, 0.1) is 17.3 Å². The average Bonchev–Trinajstić information content (AvgIpc) is 2.45. The van der Waals surface area contributed by atoms with E-state index in [0.717, 1.165) is 5.92 Å². The predicted molar refractivity (Wildman–Crippen MR) is 56.9 cm³/mol. The van der Waals surface area contributed by atoms with Gasteiger partial charge in [-0.2, -0.15) is 0 Å². The van der Waals surface area contributed by atoms with E-state index in [1.54, 1.807) is 0 Å². The zero-order valence-corrected chi connectivity index (χ0v) is 9.80. The van der Waals surface area contributed by atoms with Crippen molar-refractivity contribution >= 4 is 5.97 Å². The van der Waals surface area contributed by atoms with E-state index >= 15 is 0 Å². The number of carbonyl (C=O) groups excluding carboxylic acids is 1. The van der Waals surface area contributed by atoms with E-state index in [4.69, 9.17) is 4.74 Å². The van der Waals surface area contributed by atoms with Gasteiger partial charge in [0.05, 0.1) is 12.0 Å². The SMILES string of the molecule is CC1CCC[C@@H]1COC(=O)C(C)(C)C. The van der Waals surface area contributed by atoms with Gasteiger partial charge < -0.3 is 4.74 Å². The summed E-state index contributed by atoms with van der Waals surface area (Å²) in [4.78, 5) is 11.5. The second-order valence-corrected chi connectivity index (χ2v) is 5.52. The molecule has 0 heterocycles. The molecule has 0 spiro atoms. The van der Waals surface area contributed by atoms with Crippen molar-refractivity contribution < 1.29 is 9.53 Å². The maximum absolute atomic E-state index is 11.5. The molecule has 2 heteroatoms. The van der Waals surface area contributed by atoms with Crippen LogP contribution in [-0.4, -0.2) is 12.6 Å². The first-order valence-electron chi connectivity index (χ1n) is 5.58. The Bertz CT molecular complexity index is 203. The highest BCUT2D eigenvalue weighted by Gasteiger charge is 2.28. The largest absolute Gasteiger partial charge is 0.465 e. The molecule has 1 rings (SSSR count). The number of hydrogen-bond donors (Lipinski definition) is 0. The Morgan fingerprint density at radius 1 is 1.36 bits per heavy atom. The zero-order valence-electron chi connectivity index (χ0n) is 9.80. The quantitative estimate of drug-likeness (QED) is 0.637. The molecule has 1 aliphatic rings. The van der Waals surface area contributed by atoms with Gasteiger partial charge in [-0.3, -0.25) is 4.79 Å². The van der Waals surface area contributed by atoms with E-state index in [9.17, 15) is 4.79 Å². The summed E-state index contributed by atoms with van der Waals surface area (Å²) in [6.07, 6.45) is 3.80. The Kier molecular flexibility index (Phi) is 3.57. The summed E-state index contributed by atoms with van der Waals surface area (Å²) in [5.41, 5.74) is -0.359. The fourth-order valence-corrected chi connectivity index (χ4v) is 1.87. The molecule has 1 aliphatic carbocycles. The lowest BCUT2D eigenvalue weighted by molar-refractivity contribution is -0.154. The highest BCUT2D eigenvalue weighted by molar-refractivity contribution is 5.75. The van der Waals surface area contributed by atoms with Crippen LogP contribution in [0.4, 0.5) is 0 Å². The van der Waals surface area contributed by atoms with Gasteiger partial charge in [0, 0.05) is 0 Å². The molecule has 0 aromatic carbocycles. The third kappa shape index (κ3) is 3.00. The van der Waals surface area contributed by atoms with Crippen molar-refractivity contribution in [2.45, 2.75) is 47.0 Å².